The Kier molecular flexibility index (Phi) is 9.70. The lowest BCUT2D eigenvalue weighted by atomic mass is 10.9. The predicted octanol–water partition coefficient (Wildman–Crippen LogP) is 0.965. The van der Waals surface area contributed by atoms with E-state index in [0.717, 1.165) is 0 Å². The molecule has 0 bridgehead atoms. The maximum absolute atomic E-state index is 4.90. The fourth-order valence-corrected chi connectivity index (χ4v) is 0.411. The van der Waals surface area contributed by atoms with Crippen LogP contribution in [-0.2, 0) is 18.9 Å². The van der Waals surface area contributed by atoms with Gasteiger partial charge in [0.1, 0.15) is 13.6 Å². The molecule has 0 aromatic heterocycles. The van der Waals surface area contributed by atoms with Gasteiger partial charge in [-0.05, 0) is 13.8 Å². The van der Waals surface area contributed by atoms with E-state index >= 15 is 0 Å². The number of hydrogen-bond acceptors (Lipinski definition) is 4. The Hall–Kier alpha value is -0.160. The summed E-state index contributed by atoms with van der Waals surface area (Å²) in [5.74, 6) is 0. The molecule has 4 heteroatoms. The summed E-state index contributed by atoms with van der Waals surface area (Å²) in [4.78, 5) is 0. The van der Waals surface area contributed by atoms with Gasteiger partial charge in [-0.2, -0.15) is 0 Å². The monoisotopic (exact) mass is 164 g/mol. The SMILES string of the molecule is CCOCOCOCOCC. The quantitative estimate of drug-likeness (QED) is 0.395. The Labute approximate surface area is 67.4 Å². The Morgan fingerprint density at radius 1 is 0.636 bits per heavy atom. The van der Waals surface area contributed by atoms with Crippen LogP contribution < -0.4 is 0 Å². The van der Waals surface area contributed by atoms with Crippen molar-refractivity contribution in [2.45, 2.75) is 13.8 Å². The third kappa shape index (κ3) is 9.84. The van der Waals surface area contributed by atoms with Gasteiger partial charge in [-0.1, -0.05) is 0 Å². The zero-order chi connectivity index (χ0) is 8.36. The molecule has 68 valence electrons. The van der Waals surface area contributed by atoms with Crippen molar-refractivity contribution in [1.82, 2.24) is 0 Å². The first-order valence-corrected chi connectivity index (χ1v) is 3.72. The molecular formula is C7H16O4. The van der Waals surface area contributed by atoms with Gasteiger partial charge in [0, 0.05) is 13.2 Å². The van der Waals surface area contributed by atoms with Gasteiger partial charge in [0.05, 0.1) is 0 Å². The van der Waals surface area contributed by atoms with Gasteiger partial charge in [0.25, 0.3) is 0 Å². The number of hydrogen-bond donors (Lipinski definition) is 0. The smallest absolute Gasteiger partial charge is 0.152 e. The van der Waals surface area contributed by atoms with Crippen LogP contribution in [0, 0.1) is 0 Å². The molecule has 0 aliphatic heterocycles. The third-order valence-electron chi connectivity index (χ3n) is 0.908. The molecule has 0 atom stereocenters. The highest BCUT2D eigenvalue weighted by molar-refractivity contribution is 4.08. The zero-order valence-corrected chi connectivity index (χ0v) is 7.17. The minimum Gasteiger partial charge on any atom is -0.356 e. The average Bonchev–Trinajstić information content (AvgIpc) is 2.03. The molecule has 0 saturated carbocycles. The lowest BCUT2D eigenvalue weighted by Gasteiger charge is -2.04. The van der Waals surface area contributed by atoms with Crippen LogP contribution in [0.1, 0.15) is 13.8 Å². The molecule has 0 radical (unpaired) electrons. The van der Waals surface area contributed by atoms with E-state index in [1.54, 1.807) is 0 Å². The first-order chi connectivity index (χ1) is 5.41. The minimum absolute atomic E-state index is 0.222. The molecule has 0 aromatic carbocycles. The van der Waals surface area contributed by atoms with Crippen molar-refractivity contribution in [1.29, 1.82) is 0 Å². The highest BCUT2D eigenvalue weighted by atomic mass is 16.8. The van der Waals surface area contributed by atoms with Crippen molar-refractivity contribution >= 4 is 0 Å². The molecule has 0 amide bonds. The molecule has 0 saturated heterocycles. The third-order valence-corrected chi connectivity index (χ3v) is 0.908. The summed E-state index contributed by atoms with van der Waals surface area (Å²) in [6.45, 7) is 5.91. The van der Waals surface area contributed by atoms with Gasteiger partial charge in [0.15, 0.2) is 6.79 Å². The summed E-state index contributed by atoms with van der Waals surface area (Å²) >= 11 is 0. The van der Waals surface area contributed by atoms with Crippen molar-refractivity contribution < 1.29 is 18.9 Å². The van der Waals surface area contributed by atoms with Crippen LogP contribution in [0.5, 0.6) is 0 Å². The van der Waals surface area contributed by atoms with Crippen molar-refractivity contribution in [3.63, 3.8) is 0 Å². The predicted molar refractivity (Wildman–Crippen MR) is 40.0 cm³/mol. The highest BCUT2D eigenvalue weighted by Crippen LogP contribution is 1.81. The van der Waals surface area contributed by atoms with E-state index in [-0.39, 0.29) is 20.4 Å². The molecular weight excluding hydrogens is 148 g/mol. The Balaban J connectivity index is 2.69. The van der Waals surface area contributed by atoms with E-state index in [4.69, 9.17) is 18.9 Å². The number of ether oxygens (including phenoxy) is 4. The minimum atomic E-state index is 0.222. The summed E-state index contributed by atoms with van der Waals surface area (Å²) in [7, 11) is 0. The lowest BCUT2D eigenvalue weighted by Crippen LogP contribution is -2.06. The van der Waals surface area contributed by atoms with Gasteiger partial charge in [-0.3, -0.25) is 0 Å². The van der Waals surface area contributed by atoms with E-state index < -0.39 is 0 Å². The molecule has 0 spiro atoms. The maximum Gasteiger partial charge on any atom is 0.152 e. The van der Waals surface area contributed by atoms with Gasteiger partial charge in [0.2, 0.25) is 0 Å². The molecule has 0 aromatic rings. The first-order valence-electron chi connectivity index (χ1n) is 3.72. The second-order valence-electron chi connectivity index (χ2n) is 1.75. The molecule has 0 aliphatic carbocycles. The van der Waals surface area contributed by atoms with E-state index in [9.17, 15) is 0 Å². The van der Waals surface area contributed by atoms with Crippen LogP contribution in [0.3, 0.4) is 0 Å². The molecule has 0 aliphatic rings. The van der Waals surface area contributed by atoms with Crippen molar-refractivity contribution in [2.24, 2.45) is 0 Å². The van der Waals surface area contributed by atoms with Crippen LogP contribution in [0.2, 0.25) is 0 Å². The van der Waals surface area contributed by atoms with Crippen LogP contribution in [0.25, 0.3) is 0 Å². The van der Waals surface area contributed by atoms with Gasteiger partial charge in [-0.15, -0.1) is 0 Å². The van der Waals surface area contributed by atoms with Crippen molar-refractivity contribution in [3.8, 4) is 0 Å². The fourth-order valence-electron chi connectivity index (χ4n) is 0.411. The normalized spacial score (nSPS) is 10.4. The van der Waals surface area contributed by atoms with Gasteiger partial charge >= 0.3 is 0 Å². The molecule has 11 heavy (non-hydrogen) atoms. The molecule has 0 unspecified atom stereocenters. The average molecular weight is 164 g/mol. The maximum atomic E-state index is 4.90. The second-order valence-corrected chi connectivity index (χ2v) is 1.75. The number of rotatable bonds is 8. The summed E-state index contributed by atoms with van der Waals surface area (Å²) in [6.07, 6.45) is 0. The van der Waals surface area contributed by atoms with Crippen LogP contribution >= 0.6 is 0 Å². The molecule has 0 heterocycles. The zero-order valence-electron chi connectivity index (χ0n) is 7.17. The van der Waals surface area contributed by atoms with Gasteiger partial charge in [-0.25, -0.2) is 0 Å². The largest absolute Gasteiger partial charge is 0.356 e. The molecule has 0 N–H and O–H groups in total. The summed E-state index contributed by atoms with van der Waals surface area (Å²) in [6, 6.07) is 0. The van der Waals surface area contributed by atoms with Gasteiger partial charge < -0.3 is 18.9 Å². The van der Waals surface area contributed by atoms with Crippen LogP contribution in [0.4, 0.5) is 0 Å². The van der Waals surface area contributed by atoms with Crippen molar-refractivity contribution in [3.05, 3.63) is 0 Å². The highest BCUT2D eigenvalue weighted by Gasteiger charge is 1.86. The lowest BCUT2D eigenvalue weighted by molar-refractivity contribution is -0.167. The van der Waals surface area contributed by atoms with Crippen molar-refractivity contribution in [2.75, 3.05) is 33.6 Å². The second kappa shape index (κ2) is 9.84. The summed E-state index contributed by atoms with van der Waals surface area (Å²) < 4.78 is 19.6. The fraction of sp³-hybridized carbons (Fsp3) is 1.00. The van der Waals surface area contributed by atoms with Crippen LogP contribution in [0.15, 0.2) is 0 Å². The Morgan fingerprint density at radius 2 is 1.00 bits per heavy atom. The van der Waals surface area contributed by atoms with E-state index in [1.807, 2.05) is 13.8 Å². The molecule has 0 fully saturated rings. The Morgan fingerprint density at radius 3 is 1.36 bits per heavy atom. The van der Waals surface area contributed by atoms with E-state index in [1.165, 1.54) is 0 Å². The van der Waals surface area contributed by atoms with E-state index in [0.29, 0.717) is 13.2 Å². The molecule has 0 rings (SSSR count). The van der Waals surface area contributed by atoms with Crippen LogP contribution in [-0.4, -0.2) is 33.6 Å². The summed E-state index contributed by atoms with van der Waals surface area (Å²) in [5, 5.41) is 0. The topological polar surface area (TPSA) is 36.9 Å². The standard InChI is InChI=1S/C7H16O4/c1-3-8-5-10-7-11-6-9-4-2/h3-7H2,1-2H3. The first kappa shape index (κ1) is 10.8. The van der Waals surface area contributed by atoms with E-state index in [2.05, 4.69) is 0 Å². The Bertz CT molecular complexity index is 59.5. The molecule has 4 nitrogen and oxygen atoms in total. The summed E-state index contributed by atoms with van der Waals surface area (Å²) in [5.41, 5.74) is 0.